The molecule has 0 saturated carbocycles. The summed E-state index contributed by atoms with van der Waals surface area (Å²) >= 11 is 1.71. The lowest BCUT2D eigenvalue weighted by molar-refractivity contribution is 0.0951. The largest absolute Gasteiger partial charge is 0.394 e. The van der Waals surface area contributed by atoms with Gasteiger partial charge in [0, 0.05) is 49.4 Å². The number of hydrogen-bond donors (Lipinski definition) is 3. The van der Waals surface area contributed by atoms with E-state index in [1.807, 2.05) is 39.2 Å². The molecule has 0 unspecified atom stereocenters. The van der Waals surface area contributed by atoms with Crippen molar-refractivity contribution in [1.82, 2.24) is 10.6 Å². The molecule has 0 atom stereocenters. The molecular formula is C25H36N4OS. The van der Waals surface area contributed by atoms with Gasteiger partial charge in [0.2, 0.25) is 0 Å². The fourth-order valence-corrected chi connectivity index (χ4v) is 4.03. The van der Waals surface area contributed by atoms with Crippen LogP contribution in [-0.4, -0.2) is 38.8 Å². The minimum atomic E-state index is -0.0309. The van der Waals surface area contributed by atoms with E-state index in [0.29, 0.717) is 13.1 Å². The van der Waals surface area contributed by atoms with Crippen molar-refractivity contribution in [3.63, 3.8) is 0 Å². The number of aryl methyl sites for hydroxylation is 1. The molecule has 1 amide bonds. The van der Waals surface area contributed by atoms with E-state index in [9.17, 15) is 4.79 Å². The second-order valence-electron chi connectivity index (χ2n) is 7.19. The molecule has 0 fully saturated rings. The lowest BCUT2D eigenvalue weighted by Crippen LogP contribution is -2.33. The molecule has 0 radical (unpaired) electrons. The van der Waals surface area contributed by atoms with Gasteiger partial charge in [-0.3, -0.25) is 4.79 Å². The van der Waals surface area contributed by atoms with Crippen LogP contribution in [0, 0.1) is 0 Å². The fourth-order valence-electron chi connectivity index (χ4n) is 3.63. The smallest absolute Gasteiger partial charge is 0.251 e. The van der Waals surface area contributed by atoms with Gasteiger partial charge in [-0.25, -0.2) is 0 Å². The molecule has 3 rings (SSSR count). The predicted molar refractivity (Wildman–Crippen MR) is 134 cm³/mol. The van der Waals surface area contributed by atoms with Gasteiger partial charge >= 0.3 is 0 Å². The van der Waals surface area contributed by atoms with Crippen molar-refractivity contribution < 1.29 is 4.79 Å². The molecule has 0 bridgehead atoms. The first-order valence-corrected chi connectivity index (χ1v) is 12.2. The summed E-state index contributed by atoms with van der Waals surface area (Å²) in [5.41, 5.74) is 11.3. The Morgan fingerprint density at radius 2 is 1.94 bits per heavy atom. The number of benzene rings is 2. The number of rotatable bonds is 8. The Balaban J connectivity index is 0.00000166. The maximum Gasteiger partial charge on any atom is 0.251 e. The van der Waals surface area contributed by atoms with Gasteiger partial charge in [-0.15, -0.1) is 11.8 Å². The standard InChI is InChI=1S/C23H30N4OS.C2H6/c1-25-14-18(13-24)16-27-11-3-4-19-12-20(7-10-22(19)27)23(28)26-15-17-5-8-21(29-2)9-6-17;1-2/h5-10,12,14,25H,3-4,11,13,15-16,24H2,1-2H3,(H,26,28);1-2H3/b18-14+;. The lowest BCUT2D eigenvalue weighted by atomic mass is 9.98. The third-order valence-corrected chi connectivity index (χ3v) is 5.92. The zero-order chi connectivity index (χ0) is 22.6. The number of hydrogen-bond acceptors (Lipinski definition) is 5. The van der Waals surface area contributed by atoms with Crippen molar-refractivity contribution in [3.05, 3.63) is 70.9 Å². The molecule has 6 heteroatoms. The average molecular weight is 441 g/mol. The number of nitrogens with zero attached hydrogens (tertiary/aromatic N) is 1. The highest BCUT2D eigenvalue weighted by Crippen LogP contribution is 2.28. The molecule has 5 nitrogen and oxygen atoms in total. The van der Waals surface area contributed by atoms with E-state index in [0.717, 1.165) is 42.6 Å². The summed E-state index contributed by atoms with van der Waals surface area (Å²) < 4.78 is 0. The topological polar surface area (TPSA) is 70.4 Å². The molecule has 2 aromatic rings. The van der Waals surface area contributed by atoms with Crippen LogP contribution in [0.15, 0.2) is 59.1 Å². The van der Waals surface area contributed by atoms with E-state index in [2.05, 4.69) is 52.1 Å². The Hall–Kier alpha value is -2.44. The summed E-state index contributed by atoms with van der Waals surface area (Å²) in [6, 6.07) is 14.3. The number of thioether (sulfide) groups is 1. The Bertz CT molecular complexity index is 864. The highest BCUT2D eigenvalue weighted by Gasteiger charge is 2.19. The maximum absolute atomic E-state index is 12.7. The van der Waals surface area contributed by atoms with Crippen molar-refractivity contribution in [2.45, 2.75) is 38.1 Å². The second kappa shape index (κ2) is 13.1. The first-order valence-electron chi connectivity index (χ1n) is 11.0. The number of anilines is 1. The van der Waals surface area contributed by atoms with Crippen LogP contribution in [0.3, 0.4) is 0 Å². The van der Waals surface area contributed by atoms with Crippen molar-refractivity contribution in [1.29, 1.82) is 0 Å². The van der Waals surface area contributed by atoms with Gasteiger partial charge in [0.1, 0.15) is 0 Å². The first kappa shape index (κ1) is 24.8. The Labute approximate surface area is 191 Å². The number of carbonyl (C=O) groups is 1. The second-order valence-corrected chi connectivity index (χ2v) is 8.07. The molecule has 1 aliphatic rings. The molecule has 1 heterocycles. The Morgan fingerprint density at radius 3 is 2.58 bits per heavy atom. The summed E-state index contributed by atoms with van der Waals surface area (Å²) in [7, 11) is 1.89. The molecule has 0 saturated heterocycles. The van der Waals surface area contributed by atoms with Gasteiger partial charge in [0.05, 0.1) is 0 Å². The van der Waals surface area contributed by atoms with Gasteiger partial charge in [-0.05, 0) is 72.3 Å². The molecule has 4 N–H and O–H groups in total. The zero-order valence-electron chi connectivity index (χ0n) is 19.2. The van der Waals surface area contributed by atoms with Gasteiger partial charge in [-0.2, -0.15) is 0 Å². The number of fused-ring (bicyclic) bond motifs is 1. The van der Waals surface area contributed by atoms with Crippen LogP contribution in [0.4, 0.5) is 5.69 Å². The number of amides is 1. The minimum absolute atomic E-state index is 0.0309. The molecular weight excluding hydrogens is 404 g/mol. The van der Waals surface area contributed by atoms with Crippen molar-refractivity contribution in [3.8, 4) is 0 Å². The summed E-state index contributed by atoms with van der Waals surface area (Å²) in [6.07, 6.45) is 6.11. The predicted octanol–water partition coefficient (Wildman–Crippen LogP) is 4.18. The van der Waals surface area contributed by atoms with Crippen molar-refractivity contribution in [2.24, 2.45) is 5.73 Å². The first-order chi connectivity index (χ1) is 15.1. The van der Waals surface area contributed by atoms with Gasteiger partial charge in [0.15, 0.2) is 0 Å². The van der Waals surface area contributed by atoms with Crippen LogP contribution in [0.2, 0.25) is 0 Å². The van der Waals surface area contributed by atoms with Crippen LogP contribution < -0.4 is 21.3 Å². The SMILES string of the molecule is CC.CN/C=C(\CN)CN1CCCc2cc(C(=O)NCc3ccc(SC)cc3)ccc21. The normalized spacial score (nSPS) is 13.1. The zero-order valence-corrected chi connectivity index (χ0v) is 20.0. The summed E-state index contributed by atoms with van der Waals surface area (Å²) in [5, 5.41) is 6.10. The van der Waals surface area contributed by atoms with E-state index < -0.39 is 0 Å². The molecule has 0 aliphatic carbocycles. The quantitative estimate of drug-likeness (QED) is 0.537. The minimum Gasteiger partial charge on any atom is -0.394 e. The summed E-state index contributed by atoms with van der Waals surface area (Å²) in [6.45, 7) is 6.88. The van der Waals surface area contributed by atoms with Gasteiger partial charge in [0.25, 0.3) is 5.91 Å². The highest BCUT2D eigenvalue weighted by atomic mass is 32.2. The van der Waals surface area contributed by atoms with Crippen LogP contribution in [0.25, 0.3) is 0 Å². The van der Waals surface area contributed by atoms with Crippen LogP contribution in [-0.2, 0) is 13.0 Å². The van der Waals surface area contributed by atoms with Crippen LogP contribution >= 0.6 is 11.8 Å². The third kappa shape index (κ3) is 7.04. The van der Waals surface area contributed by atoms with Gasteiger partial charge < -0.3 is 21.3 Å². The van der Waals surface area contributed by atoms with E-state index in [-0.39, 0.29) is 5.91 Å². The van der Waals surface area contributed by atoms with E-state index in [4.69, 9.17) is 5.73 Å². The number of nitrogens with two attached hydrogens (primary N) is 1. The molecule has 0 aromatic heterocycles. The number of carbonyl (C=O) groups excluding carboxylic acids is 1. The third-order valence-electron chi connectivity index (χ3n) is 5.17. The van der Waals surface area contributed by atoms with Crippen LogP contribution in [0.5, 0.6) is 0 Å². The fraction of sp³-hybridized carbons (Fsp3) is 0.400. The van der Waals surface area contributed by atoms with Crippen LogP contribution in [0.1, 0.15) is 41.8 Å². The lowest BCUT2D eigenvalue weighted by Gasteiger charge is -2.32. The van der Waals surface area contributed by atoms with E-state index in [1.54, 1.807) is 11.8 Å². The Kier molecular flexibility index (Phi) is 10.5. The Morgan fingerprint density at radius 1 is 1.19 bits per heavy atom. The molecule has 168 valence electrons. The molecule has 0 spiro atoms. The molecule has 31 heavy (non-hydrogen) atoms. The van der Waals surface area contributed by atoms with Gasteiger partial charge in [-0.1, -0.05) is 26.0 Å². The maximum atomic E-state index is 12.7. The van der Waals surface area contributed by atoms with E-state index >= 15 is 0 Å². The van der Waals surface area contributed by atoms with Crippen molar-refractivity contribution in [2.75, 3.05) is 37.8 Å². The van der Waals surface area contributed by atoms with E-state index in [1.165, 1.54) is 16.1 Å². The summed E-state index contributed by atoms with van der Waals surface area (Å²) in [5.74, 6) is -0.0309. The summed E-state index contributed by atoms with van der Waals surface area (Å²) in [4.78, 5) is 16.2. The average Bonchev–Trinajstić information content (AvgIpc) is 2.83. The highest BCUT2D eigenvalue weighted by molar-refractivity contribution is 7.98. The molecule has 1 aliphatic heterocycles. The molecule has 2 aromatic carbocycles. The monoisotopic (exact) mass is 440 g/mol. The van der Waals surface area contributed by atoms with Crippen molar-refractivity contribution >= 4 is 23.4 Å². The number of nitrogens with one attached hydrogen (secondary N) is 2.